The molecular formula is C13H19NO4S. The first-order valence-electron chi connectivity index (χ1n) is 6.21. The van der Waals surface area contributed by atoms with Crippen LogP contribution in [0.2, 0.25) is 0 Å². The van der Waals surface area contributed by atoms with Crippen LogP contribution in [0.3, 0.4) is 0 Å². The molecule has 0 radical (unpaired) electrons. The predicted molar refractivity (Wildman–Crippen MR) is 71.9 cm³/mol. The van der Waals surface area contributed by atoms with E-state index in [0.29, 0.717) is 30.4 Å². The van der Waals surface area contributed by atoms with Gasteiger partial charge in [-0.25, -0.2) is 8.42 Å². The van der Waals surface area contributed by atoms with Gasteiger partial charge in [-0.05, 0) is 37.6 Å². The molecule has 1 atom stereocenters. The third-order valence-electron chi connectivity index (χ3n) is 3.28. The molecule has 1 fully saturated rings. The Kier molecular flexibility index (Phi) is 4.13. The lowest BCUT2D eigenvalue weighted by atomic mass is 10.2. The molecule has 1 aromatic carbocycles. The normalized spacial score (nSPS) is 21.3. The molecular weight excluding hydrogens is 266 g/mol. The summed E-state index contributed by atoms with van der Waals surface area (Å²) in [5.41, 5.74) is 0.810. The molecule has 5 nitrogen and oxygen atoms in total. The van der Waals surface area contributed by atoms with Crippen LogP contribution < -0.4 is 4.74 Å². The summed E-state index contributed by atoms with van der Waals surface area (Å²) in [4.78, 5) is 0.305. The maximum Gasteiger partial charge on any atom is 0.243 e. The van der Waals surface area contributed by atoms with Crippen LogP contribution in [0.15, 0.2) is 23.1 Å². The lowest BCUT2D eigenvalue weighted by molar-refractivity contribution is 0.0392. The topological polar surface area (TPSA) is 55.8 Å². The number of morpholine rings is 1. The van der Waals surface area contributed by atoms with Crippen LogP contribution in [0.1, 0.15) is 12.5 Å². The zero-order valence-electron chi connectivity index (χ0n) is 11.4. The highest BCUT2D eigenvalue weighted by atomic mass is 32.2. The van der Waals surface area contributed by atoms with Crippen LogP contribution in [0, 0.1) is 6.92 Å². The average Bonchev–Trinajstić information content (AvgIpc) is 2.39. The highest BCUT2D eigenvalue weighted by Crippen LogP contribution is 2.25. The molecule has 1 unspecified atom stereocenters. The van der Waals surface area contributed by atoms with Gasteiger partial charge in [0.05, 0.1) is 25.2 Å². The molecule has 0 N–H and O–H groups in total. The molecule has 0 bridgehead atoms. The third-order valence-corrected chi connectivity index (χ3v) is 5.29. The maximum atomic E-state index is 12.6. The van der Waals surface area contributed by atoms with Gasteiger partial charge < -0.3 is 9.47 Å². The molecule has 2 rings (SSSR count). The standard InChI is InChI=1S/C13H19NO4S/c1-10-8-12(4-5-13(10)17-3)19(15,16)14-6-7-18-9-11(14)2/h4-5,8,11H,6-7,9H2,1-3H3. The molecule has 1 aliphatic rings. The lowest BCUT2D eigenvalue weighted by Gasteiger charge is -2.32. The summed E-state index contributed by atoms with van der Waals surface area (Å²) in [7, 11) is -1.89. The van der Waals surface area contributed by atoms with Crippen molar-refractivity contribution in [1.29, 1.82) is 0 Å². The van der Waals surface area contributed by atoms with Crippen LogP contribution >= 0.6 is 0 Å². The molecule has 1 saturated heterocycles. The Balaban J connectivity index is 2.36. The minimum Gasteiger partial charge on any atom is -0.496 e. The van der Waals surface area contributed by atoms with Crippen molar-refractivity contribution in [3.8, 4) is 5.75 Å². The average molecular weight is 285 g/mol. The first kappa shape index (κ1) is 14.3. The van der Waals surface area contributed by atoms with Gasteiger partial charge in [-0.2, -0.15) is 4.31 Å². The van der Waals surface area contributed by atoms with Gasteiger partial charge in [0.1, 0.15) is 5.75 Å². The second-order valence-corrected chi connectivity index (χ2v) is 6.56. The quantitative estimate of drug-likeness (QED) is 0.842. The molecule has 1 heterocycles. The highest BCUT2D eigenvalue weighted by molar-refractivity contribution is 7.89. The van der Waals surface area contributed by atoms with Crippen molar-refractivity contribution in [1.82, 2.24) is 4.31 Å². The largest absolute Gasteiger partial charge is 0.496 e. The van der Waals surface area contributed by atoms with E-state index in [9.17, 15) is 8.42 Å². The van der Waals surface area contributed by atoms with Gasteiger partial charge in [-0.3, -0.25) is 0 Å². The number of benzene rings is 1. The monoisotopic (exact) mass is 285 g/mol. The number of aryl methyl sites for hydroxylation is 1. The molecule has 0 aromatic heterocycles. The fourth-order valence-corrected chi connectivity index (χ4v) is 3.90. The molecule has 0 amide bonds. The van der Waals surface area contributed by atoms with E-state index < -0.39 is 10.0 Å². The Bertz CT molecular complexity index is 556. The third kappa shape index (κ3) is 2.75. The fourth-order valence-electron chi connectivity index (χ4n) is 2.22. The van der Waals surface area contributed by atoms with Gasteiger partial charge in [0.2, 0.25) is 10.0 Å². The fraction of sp³-hybridized carbons (Fsp3) is 0.538. The first-order valence-corrected chi connectivity index (χ1v) is 7.65. The molecule has 6 heteroatoms. The van der Waals surface area contributed by atoms with Gasteiger partial charge in [0, 0.05) is 12.6 Å². The lowest BCUT2D eigenvalue weighted by Crippen LogP contribution is -2.46. The van der Waals surface area contributed by atoms with E-state index in [-0.39, 0.29) is 6.04 Å². The van der Waals surface area contributed by atoms with E-state index in [1.54, 1.807) is 25.3 Å². The Morgan fingerprint density at radius 1 is 1.42 bits per heavy atom. The van der Waals surface area contributed by atoms with Crippen LogP contribution in [-0.4, -0.2) is 45.6 Å². The maximum absolute atomic E-state index is 12.6. The SMILES string of the molecule is COc1ccc(S(=O)(=O)N2CCOCC2C)cc1C. The van der Waals surface area contributed by atoms with Crippen molar-refractivity contribution >= 4 is 10.0 Å². The summed E-state index contributed by atoms with van der Waals surface area (Å²) in [6, 6.07) is 4.79. The predicted octanol–water partition coefficient (Wildman–Crippen LogP) is 1.41. The van der Waals surface area contributed by atoms with Crippen molar-refractivity contribution in [2.45, 2.75) is 24.8 Å². The first-order chi connectivity index (χ1) is 8.96. The number of nitrogens with zero attached hydrogens (tertiary/aromatic N) is 1. The van der Waals surface area contributed by atoms with Crippen molar-refractivity contribution in [2.75, 3.05) is 26.9 Å². The van der Waals surface area contributed by atoms with Crippen LogP contribution in [0.5, 0.6) is 5.75 Å². The van der Waals surface area contributed by atoms with E-state index in [1.807, 2.05) is 13.8 Å². The van der Waals surface area contributed by atoms with Crippen molar-refractivity contribution in [3.05, 3.63) is 23.8 Å². The number of rotatable bonds is 3. The summed E-state index contributed by atoms with van der Waals surface area (Å²) in [6.45, 7) is 4.97. The smallest absolute Gasteiger partial charge is 0.243 e. The zero-order chi connectivity index (χ0) is 14.0. The molecule has 19 heavy (non-hydrogen) atoms. The van der Waals surface area contributed by atoms with Gasteiger partial charge in [0.25, 0.3) is 0 Å². The number of sulfonamides is 1. The Labute approximate surface area is 114 Å². The van der Waals surface area contributed by atoms with Gasteiger partial charge in [-0.1, -0.05) is 0 Å². The Morgan fingerprint density at radius 2 is 2.16 bits per heavy atom. The van der Waals surface area contributed by atoms with E-state index in [1.165, 1.54) is 4.31 Å². The van der Waals surface area contributed by atoms with E-state index in [4.69, 9.17) is 9.47 Å². The number of ether oxygens (including phenoxy) is 2. The molecule has 1 aliphatic heterocycles. The van der Waals surface area contributed by atoms with Crippen molar-refractivity contribution < 1.29 is 17.9 Å². The molecule has 0 spiro atoms. The number of hydrogen-bond donors (Lipinski definition) is 0. The summed E-state index contributed by atoms with van der Waals surface area (Å²) in [5.74, 6) is 0.689. The van der Waals surface area contributed by atoms with Crippen molar-refractivity contribution in [2.24, 2.45) is 0 Å². The summed E-state index contributed by atoms with van der Waals surface area (Å²) >= 11 is 0. The molecule has 0 saturated carbocycles. The summed E-state index contributed by atoms with van der Waals surface area (Å²) in [6.07, 6.45) is 0. The van der Waals surface area contributed by atoms with Gasteiger partial charge in [-0.15, -0.1) is 0 Å². The van der Waals surface area contributed by atoms with E-state index >= 15 is 0 Å². The summed E-state index contributed by atoms with van der Waals surface area (Å²) < 4.78 is 37.1. The van der Waals surface area contributed by atoms with Gasteiger partial charge >= 0.3 is 0 Å². The minimum atomic E-state index is -3.46. The Morgan fingerprint density at radius 3 is 2.74 bits per heavy atom. The van der Waals surface area contributed by atoms with Crippen LogP contribution in [0.4, 0.5) is 0 Å². The van der Waals surface area contributed by atoms with Crippen molar-refractivity contribution in [3.63, 3.8) is 0 Å². The van der Waals surface area contributed by atoms with E-state index in [0.717, 1.165) is 5.56 Å². The highest BCUT2D eigenvalue weighted by Gasteiger charge is 2.31. The Hall–Kier alpha value is -1.11. The molecule has 106 valence electrons. The zero-order valence-corrected chi connectivity index (χ0v) is 12.2. The summed E-state index contributed by atoms with van der Waals surface area (Å²) in [5, 5.41) is 0. The second-order valence-electron chi connectivity index (χ2n) is 4.67. The molecule has 0 aliphatic carbocycles. The van der Waals surface area contributed by atoms with Crippen LogP contribution in [0.25, 0.3) is 0 Å². The number of hydrogen-bond acceptors (Lipinski definition) is 4. The van der Waals surface area contributed by atoms with E-state index in [2.05, 4.69) is 0 Å². The minimum absolute atomic E-state index is 0.138. The van der Waals surface area contributed by atoms with Gasteiger partial charge in [0.15, 0.2) is 0 Å². The molecule has 1 aromatic rings. The number of methoxy groups -OCH3 is 1. The second kappa shape index (κ2) is 5.48. The van der Waals surface area contributed by atoms with Crippen LogP contribution in [-0.2, 0) is 14.8 Å².